The molecule has 0 radical (unpaired) electrons. The van der Waals surface area contributed by atoms with Crippen LogP contribution in [0.15, 0.2) is 231 Å². The number of anilines is 3. The summed E-state index contributed by atoms with van der Waals surface area (Å²) in [5.74, 6) is 0. The normalized spacial score (nSPS) is 11.6. The van der Waals surface area contributed by atoms with Crippen molar-refractivity contribution in [1.29, 1.82) is 0 Å². The van der Waals surface area contributed by atoms with Crippen LogP contribution < -0.4 is 4.90 Å². The average molecular weight is 795 g/mol. The Labute approximate surface area is 358 Å². The largest absolute Gasteiger partial charge is 0.310 e. The fraction of sp³-hybridized carbons (Fsp3) is 0. The summed E-state index contributed by atoms with van der Waals surface area (Å²) in [5, 5.41) is 7.65. The van der Waals surface area contributed by atoms with Gasteiger partial charge in [0.2, 0.25) is 0 Å². The molecule has 12 aromatic rings. The molecule has 0 bridgehead atoms. The lowest BCUT2D eigenvalue weighted by Crippen LogP contribution is -2.09. The molecule has 0 aliphatic rings. The number of fused-ring (bicyclic) bond motifs is 7. The third-order valence-corrected chi connectivity index (χ3v) is 13.3. The molecule has 12 rings (SSSR count). The predicted molar refractivity (Wildman–Crippen MR) is 262 cm³/mol. The lowest BCUT2D eigenvalue weighted by Gasteiger charge is -2.26. The Bertz CT molecular complexity index is 3520. The van der Waals surface area contributed by atoms with E-state index < -0.39 is 0 Å². The lowest BCUT2D eigenvalue weighted by atomic mass is 9.91. The van der Waals surface area contributed by atoms with Crippen molar-refractivity contribution < 1.29 is 0 Å². The minimum absolute atomic E-state index is 1.10. The number of thiophene rings is 1. The summed E-state index contributed by atoms with van der Waals surface area (Å²) in [6.07, 6.45) is 0. The van der Waals surface area contributed by atoms with Gasteiger partial charge in [0.15, 0.2) is 0 Å². The molecular formula is C58H38N2S. The first-order chi connectivity index (χ1) is 30.2. The van der Waals surface area contributed by atoms with Crippen LogP contribution in [0.5, 0.6) is 0 Å². The van der Waals surface area contributed by atoms with Crippen LogP contribution >= 0.6 is 11.3 Å². The molecule has 286 valence electrons. The van der Waals surface area contributed by atoms with Crippen molar-refractivity contribution in [3.63, 3.8) is 0 Å². The van der Waals surface area contributed by atoms with Gasteiger partial charge in [0.05, 0.1) is 11.0 Å². The van der Waals surface area contributed by atoms with Gasteiger partial charge in [-0.05, 0) is 111 Å². The van der Waals surface area contributed by atoms with E-state index in [0.29, 0.717) is 0 Å². The van der Waals surface area contributed by atoms with Crippen molar-refractivity contribution >= 4 is 81.1 Å². The highest BCUT2D eigenvalue weighted by Crippen LogP contribution is 2.43. The van der Waals surface area contributed by atoms with Crippen LogP contribution in [-0.4, -0.2) is 4.57 Å². The van der Waals surface area contributed by atoms with Crippen LogP contribution in [0.2, 0.25) is 0 Å². The summed E-state index contributed by atoms with van der Waals surface area (Å²) in [4.78, 5) is 2.39. The highest BCUT2D eigenvalue weighted by molar-refractivity contribution is 7.25. The second kappa shape index (κ2) is 14.5. The molecule has 2 nitrogen and oxygen atoms in total. The van der Waals surface area contributed by atoms with E-state index in [4.69, 9.17) is 0 Å². The molecule has 0 fully saturated rings. The molecule has 0 N–H and O–H groups in total. The molecule has 10 aromatic carbocycles. The molecule has 0 saturated heterocycles. The Kier molecular flexibility index (Phi) is 8.39. The molecule has 0 unspecified atom stereocenters. The van der Waals surface area contributed by atoms with E-state index in [1.807, 2.05) is 11.3 Å². The number of para-hydroxylation sites is 2. The van der Waals surface area contributed by atoms with Gasteiger partial charge >= 0.3 is 0 Å². The van der Waals surface area contributed by atoms with Crippen molar-refractivity contribution in [1.82, 2.24) is 4.57 Å². The number of benzene rings is 10. The zero-order chi connectivity index (χ0) is 40.3. The van der Waals surface area contributed by atoms with Gasteiger partial charge in [-0.2, -0.15) is 0 Å². The maximum absolute atomic E-state index is 2.39. The maximum atomic E-state index is 2.39. The Morgan fingerprint density at radius 3 is 1.54 bits per heavy atom. The second-order valence-electron chi connectivity index (χ2n) is 15.7. The molecule has 0 aliphatic heterocycles. The van der Waals surface area contributed by atoms with Crippen LogP contribution in [0.1, 0.15) is 0 Å². The monoisotopic (exact) mass is 794 g/mol. The molecule has 61 heavy (non-hydrogen) atoms. The Hall–Kier alpha value is -7.72. The number of nitrogens with zero attached hydrogens (tertiary/aromatic N) is 2. The van der Waals surface area contributed by atoms with E-state index in [1.165, 1.54) is 86.1 Å². The molecular weight excluding hydrogens is 757 g/mol. The average Bonchev–Trinajstić information content (AvgIpc) is 3.88. The Morgan fingerprint density at radius 1 is 0.328 bits per heavy atom. The lowest BCUT2D eigenvalue weighted by molar-refractivity contribution is 1.18. The molecule has 2 aromatic heterocycles. The third-order valence-electron chi connectivity index (χ3n) is 12.2. The van der Waals surface area contributed by atoms with Gasteiger partial charge in [0.1, 0.15) is 0 Å². The van der Waals surface area contributed by atoms with Crippen molar-refractivity contribution in [3.8, 4) is 39.1 Å². The second-order valence-corrected chi connectivity index (χ2v) is 16.8. The zero-order valence-electron chi connectivity index (χ0n) is 33.2. The van der Waals surface area contributed by atoms with E-state index in [2.05, 4.69) is 240 Å². The van der Waals surface area contributed by atoms with Crippen molar-refractivity contribution in [2.75, 3.05) is 4.90 Å². The molecule has 0 aliphatic carbocycles. The molecule has 0 spiro atoms. The third kappa shape index (κ3) is 6.01. The first kappa shape index (κ1) is 35.2. The predicted octanol–water partition coefficient (Wildman–Crippen LogP) is 16.8. The summed E-state index contributed by atoms with van der Waals surface area (Å²) in [6.45, 7) is 0. The van der Waals surface area contributed by atoms with Gasteiger partial charge in [-0.15, -0.1) is 11.3 Å². The molecule has 0 atom stereocenters. The topological polar surface area (TPSA) is 8.17 Å². The number of hydrogen-bond donors (Lipinski definition) is 0. The van der Waals surface area contributed by atoms with Crippen LogP contribution in [0.4, 0.5) is 17.1 Å². The molecule has 0 amide bonds. The van der Waals surface area contributed by atoms with Crippen molar-refractivity contribution in [2.24, 2.45) is 0 Å². The minimum Gasteiger partial charge on any atom is -0.310 e. The van der Waals surface area contributed by atoms with E-state index >= 15 is 0 Å². The van der Waals surface area contributed by atoms with Gasteiger partial charge < -0.3 is 9.47 Å². The van der Waals surface area contributed by atoms with Crippen LogP contribution in [0.3, 0.4) is 0 Å². The number of rotatable bonds is 7. The van der Waals surface area contributed by atoms with Crippen molar-refractivity contribution in [2.45, 2.75) is 0 Å². The fourth-order valence-electron chi connectivity index (χ4n) is 9.36. The van der Waals surface area contributed by atoms with Crippen LogP contribution in [0.25, 0.3) is 91.8 Å². The van der Waals surface area contributed by atoms with Crippen LogP contribution in [-0.2, 0) is 0 Å². The van der Waals surface area contributed by atoms with E-state index in [-0.39, 0.29) is 0 Å². The quantitative estimate of drug-likeness (QED) is 0.156. The van der Waals surface area contributed by atoms with Gasteiger partial charge in [-0.1, -0.05) is 164 Å². The highest BCUT2D eigenvalue weighted by Gasteiger charge is 2.18. The van der Waals surface area contributed by atoms with Gasteiger partial charge in [0, 0.05) is 53.7 Å². The van der Waals surface area contributed by atoms with Gasteiger partial charge in [-0.25, -0.2) is 0 Å². The number of aromatic nitrogens is 1. The zero-order valence-corrected chi connectivity index (χ0v) is 34.1. The van der Waals surface area contributed by atoms with E-state index in [0.717, 1.165) is 22.7 Å². The van der Waals surface area contributed by atoms with Gasteiger partial charge in [0.25, 0.3) is 0 Å². The Morgan fingerprint density at radius 2 is 0.852 bits per heavy atom. The van der Waals surface area contributed by atoms with E-state index in [1.54, 1.807) is 0 Å². The summed E-state index contributed by atoms with van der Waals surface area (Å²) in [6, 6.07) is 84.1. The smallest absolute Gasteiger partial charge is 0.0541 e. The molecule has 0 saturated carbocycles. The summed E-state index contributed by atoms with van der Waals surface area (Å²) >= 11 is 1.86. The van der Waals surface area contributed by atoms with Crippen molar-refractivity contribution in [3.05, 3.63) is 231 Å². The molecule has 3 heteroatoms. The Balaban J connectivity index is 0.955. The first-order valence-corrected chi connectivity index (χ1v) is 21.6. The SMILES string of the molecule is c1ccc(-c2cccc3cccc(-c4ccc(N(c5ccc(-c6cccc(-n7c8ccccc8c8ccccc87)c6)cc5)c5ccc6c(c5)sc5ccccc56)cc4)c23)cc1. The summed E-state index contributed by atoms with van der Waals surface area (Å²) in [5.41, 5.74) is 14.2. The number of hydrogen-bond acceptors (Lipinski definition) is 2. The maximum Gasteiger partial charge on any atom is 0.0541 e. The minimum atomic E-state index is 1.10. The van der Waals surface area contributed by atoms with Crippen LogP contribution in [0, 0.1) is 0 Å². The van der Waals surface area contributed by atoms with E-state index in [9.17, 15) is 0 Å². The first-order valence-electron chi connectivity index (χ1n) is 20.8. The standard InChI is InChI=1S/C58H38N2S/c1-2-13-40(14-3-1)48-22-11-15-42-16-12-23-49(58(42)48)41-29-33-45(34-30-41)59(47-35-36-53-52-21-6-9-26-56(52)61-57(53)38-47)44-31-27-39(28-32-44)43-17-10-18-46(37-43)60-54-24-7-4-19-50(54)51-20-5-8-25-55(51)60/h1-38H. The summed E-state index contributed by atoms with van der Waals surface area (Å²) < 4.78 is 4.98. The fourth-order valence-corrected chi connectivity index (χ4v) is 10.5. The highest BCUT2D eigenvalue weighted by atomic mass is 32.1. The molecule has 2 heterocycles. The van der Waals surface area contributed by atoms with Gasteiger partial charge in [-0.3, -0.25) is 0 Å². The summed E-state index contributed by atoms with van der Waals surface area (Å²) in [7, 11) is 0.